The van der Waals surface area contributed by atoms with Crippen LogP contribution in [0.4, 0.5) is 0 Å². The molecular formula is C25H35IO. The van der Waals surface area contributed by atoms with Gasteiger partial charge in [0.05, 0.1) is 0 Å². The molecule has 1 aromatic carbocycles. The molecule has 0 amide bonds. The molecule has 0 bridgehead atoms. The lowest BCUT2D eigenvalue weighted by Gasteiger charge is -2.51. The highest BCUT2D eigenvalue weighted by Gasteiger charge is 2.59. The van der Waals surface area contributed by atoms with E-state index in [1.54, 1.807) is 11.1 Å². The molecule has 1 aromatic rings. The summed E-state index contributed by atoms with van der Waals surface area (Å²) in [5.74, 6) is 4.41. The fourth-order valence-corrected chi connectivity index (χ4v) is 7.44. The first-order chi connectivity index (χ1) is 13.0. The van der Waals surface area contributed by atoms with Crippen molar-refractivity contribution >= 4 is 28.4 Å². The number of Topliss-reactive ketones (excluding diaryl/α,β-unsaturated/α-hetero) is 1. The molecule has 3 aliphatic carbocycles. The van der Waals surface area contributed by atoms with Crippen LogP contribution in [0.15, 0.2) is 24.3 Å². The molecule has 0 aliphatic heterocycles. The first kappa shape index (κ1) is 19.9. The van der Waals surface area contributed by atoms with Crippen LogP contribution in [0.2, 0.25) is 0 Å². The minimum absolute atomic E-state index is 0.0465. The molecule has 0 radical (unpaired) electrons. The summed E-state index contributed by atoms with van der Waals surface area (Å²) in [5.41, 5.74) is 3.17. The van der Waals surface area contributed by atoms with Crippen LogP contribution in [0.5, 0.6) is 0 Å². The zero-order valence-corrected chi connectivity index (χ0v) is 19.4. The minimum Gasteiger partial charge on any atom is -0.299 e. The van der Waals surface area contributed by atoms with E-state index in [1.807, 2.05) is 0 Å². The number of ketones is 1. The number of rotatable bonds is 5. The Morgan fingerprint density at radius 1 is 1.30 bits per heavy atom. The number of alkyl halides is 1. The van der Waals surface area contributed by atoms with Crippen LogP contribution in [0.1, 0.15) is 76.3 Å². The average molecular weight is 478 g/mol. The van der Waals surface area contributed by atoms with Gasteiger partial charge in [-0.05, 0) is 72.8 Å². The van der Waals surface area contributed by atoms with Crippen LogP contribution in [-0.4, -0.2) is 10.2 Å². The summed E-state index contributed by atoms with van der Waals surface area (Å²) in [6.07, 6.45) is 8.43. The predicted octanol–water partition coefficient (Wildman–Crippen LogP) is 6.83. The molecule has 0 heterocycles. The van der Waals surface area contributed by atoms with Crippen molar-refractivity contribution < 1.29 is 4.79 Å². The van der Waals surface area contributed by atoms with Gasteiger partial charge >= 0.3 is 0 Å². The van der Waals surface area contributed by atoms with Gasteiger partial charge < -0.3 is 0 Å². The maximum atomic E-state index is 13.5. The maximum absolute atomic E-state index is 13.5. The summed E-state index contributed by atoms with van der Waals surface area (Å²) in [5, 5.41) is 0. The lowest BCUT2D eigenvalue weighted by molar-refractivity contribution is -0.132. The van der Waals surface area contributed by atoms with Crippen molar-refractivity contribution in [3.05, 3.63) is 35.4 Å². The number of hydrogen-bond acceptors (Lipinski definition) is 1. The van der Waals surface area contributed by atoms with E-state index in [2.05, 4.69) is 67.6 Å². The molecule has 27 heavy (non-hydrogen) atoms. The predicted molar refractivity (Wildman–Crippen MR) is 121 cm³/mol. The summed E-state index contributed by atoms with van der Waals surface area (Å²) in [4.78, 5) is 13.5. The van der Waals surface area contributed by atoms with E-state index in [4.69, 9.17) is 0 Å². The molecule has 0 N–H and O–H groups in total. The third-order valence-electron chi connectivity index (χ3n) is 8.29. The second kappa shape index (κ2) is 7.80. The van der Waals surface area contributed by atoms with Gasteiger partial charge in [-0.15, -0.1) is 0 Å². The first-order valence-electron chi connectivity index (χ1n) is 11.2. The molecule has 0 aromatic heterocycles. The van der Waals surface area contributed by atoms with Gasteiger partial charge in [0.1, 0.15) is 5.78 Å². The maximum Gasteiger partial charge on any atom is 0.142 e. The molecule has 148 valence electrons. The SMILES string of the molecule is CCC[C@@H]1Cc2ccccc2[C@H]2CC[C@]3(C)C(=O)[C@H](C[C@H](C)CI)C[C@H]3[C@H]12. The van der Waals surface area contributed by atoms with Crippen molar-refractivity contribution in [3.63, 3.8) is 0 Å². The quantitative estimate of drug-likeness (QED) is 0.335. The van der Waals surface area contributed by atoms with E-state index >= 15 is 0 Å². The summed E-state index contributed by atoms with van der Waals surface area (Å²) in [6.45, 7) is 7.00. The van der Waals surface area contributed by atoms with Gasteiger partial charge in [0.25, 0.3) is 0 Å². The van der Waals surface area contributed by atoms with E-state index in [9.17, 15) is 4.79 Å². The molecular weight excluding hydrogens is 443 g/mol. The highest BCUT2D eigenvalue weighted by atomic mass is 127. The molecule has 2 fully saturated rings. The lowest BCUT2D eigenvalue weighted by Crippen LogP contribution is -2.46. The molecule has 4 rings (SSSR count). The molecule has 0 spiro atoms. The van der Waals surface area contributed by atoms with Crippen molar-refractivity contribution in [1.29, 1.82) is 0 Å². The van der Waals surface area contributed by atoms with Crippen molar-refractivity contribution in [2.45, 2.75) is 71.6 Å². The summed E-state index contributed by atoms with van der Waals surface area (Å²) < 4.78 is 1.17. The number of carbonyl (C=O) groups excluding carboxylic acids is 1. The van der Waals surface area contributed by atoms with Gasteiger partial charge in [-0.3, -0.25) is 4.79 Å². The van der Waals surface area contributed by atoms with Gasteiger partial charge in [-0.2, -0.15) is 0 Å². The van der Waals surface area contributed by atoms with Crippen LogP contribution in [-0.2, 0) is 11.2 Å². The number of hydrogen-bond donors (Lipinski definition) is 0. The van der Waals surface area contributed by atoms with Crippen LogP contribution in [0.25, 0.3) is 0 Å². The van der Waals surface area contributed by atoms with Gasteiger partial charge in [0.15, 0.2) is 0 Å². The second-order valence-electron chi connectivity index (χ2n) is 9.99. The van der Waals surface area contributed by atoms with Gasteiger partial charge in [-0.1, -0.05) is 80.5 Å². The number of halogens is 1. The van der Waals surface area contributed by atoms with Crippen molar-refractivity contribution in [2.75, 3.05) is 4.43 Å². The van der Waals surface area contributed by atoms with Crippen LogP contribution in [0, 0.1) is 35.0 Å². The Labute approximate surface area is 179 Å². The zero-order chi connectivity index (χ0) is 19.2. The smallest absolute Gasteiger partial charge is 0.142 e. The fraction of sp³-hybridized carbons (Fsp3) is 0.720. The zero-order valence-electron chi connectivity index (χ0n) is 17.2. The molecule has 2 saturated carbocycles. The number of fused-ring (bicyclic) bond motifs is 5. The summed E-state index contributed by atoms with van der Waals surface area (Å²) >= 11 is 2.49. The topological polar surface area (TPSA) is 17.1 Å². The Morgan fingerprint density at radius 3 is 2.81 bits per heavy atom. The molecule has 3 aliphatic rings. The second-order valence-corrected chi connectivity index (χ2v) is 10.9. The van der Waals surface area contributed by atoms with E-state index < -0.39 is 0 Å². The van der Waals surface area contributed by atoms with Gasteiger partial charge in [0, 0.05) is 15.8 Å². The highest BCUT2D eigenvalue weighted by Crippen LogP contribution is 2.63. The van der Waals surface area contributed by atoms with Crippen molar-refractivity contribution in [2.24, 2.45) is 35.0 Å². The molecule has 0 unspecified atom stereocenters. The standard InChI is InChI=1S/C25H35IO/c1-4-7-18-13-17-8-5-6-9-20(17)21-10-11-25(3)22(23(18)21)14-19(24(25)27)12-16(2)15-26/h5-6,8-9,16,18-19,21-23H,4,7,10-15H2,1-3H3/t16-,18+,19+,21+,22-,23+,25-/m0/s1. The molecule has 7 atom stereocenters. The third-order valence-corrected chi connectivity index (χ3v) is 9.79. The van der Waals surface area contributed by atoms with E-state index in [0.717, 1.165) is 24.7 Å². The van der Waals surface area contributed by atoms with Crippen LogP contribution < -0.4 is 0 Å². The number of carbonyl (C=O) groups is 1. The molecule has 1 nitrogen and oxygen atoms in total. The largest absolute Gasteiger partial charge is 0.299 e. The van der Waals surface area contributed by atoms with E-state index in [-0.39, 0.29) is 5.41 Å². The summed E-state index contributed by atoms with van der Waals surface area (Å²) in [7, 11) is 0. The Bertz CT molecular complexity index is 697. The van der Waals surface area contributed by atoms with Gasteiger partial charge in [-0.25, -0.2) is 0 Å². The fourth-order valence-electron chi connectivity index (χ4n) is 7.08. The Morgan fingerprint density at radius 2 is 2.07 bits per heavy atom. The number of benzene rings is 1. The van der Waals surface area contributed by atoms with E-state index in [0.29, 0.717) is 29.5 Å². The first-order valence-corrected chi connectivity index (χ1v) is 12.7. The third kappa shape index (κ3) is 3.32. The van der Waals surface area contributed by atoms with E-state index in [1.165, 1.54) is 36.5 Å². The Hall–Kier alpha value is -0.380. The van der Waals surface area contributed by atoms with Crippen molar-refractivity contribution in [3.8, 4) is 0 Å². The lowest BCUT2D eigenvalue weighted by atomic mass is 9.52. The highest BCUT2D eigenvalue weighted by molar-refractivity contribution is 14.1. The average Bonchev–Trinajstić information content (AvgIpc) is 2.92. The van der Waals surface area contributed by atoms with Gasteiger partial charge in [0.2, 0.25) is 0 Å². The minimum atomic E-state index is -0.0465. The van der Waals surface area contributed by atoms with Crippen molar-refractivity contribution in [1.82, 2.24) is 0 Å². The van der Waals surface area contributed by atoms with Crippen LogP contribution >= 0.6 is 22.6 Å². The normalized spacial score (nSPS) is 38.8. The molecule has 0 saturated heterocycles. The monoisotopic (exact) mass is 478 g/mol. The molecule has 2 heteroatoms. The van der Waals surface area contributed by atoms with Crippen LogP contribution in [0.3, 0.4) is 0 Å². The summed E-state index contributed by atoms with van der Waals surface area (Å²) in [6, 6.07) is 9.21. The Balaban J connectivity index is 1.68. The Kier molecular flexibility index (Phi) is 5.75.